The van der Waals surface area contributed by atoms with Crippen LogP contribution in [0.25, 0.3) is 22.8 Å². The van der Waals surface area contributed by atoms with Gasteiger partial charge in [-0.05, 0) is 31.2 Å². The summed E-state index contributed by atoms with van der Waals surface area (Å²) in [5, 5.41) is 9.53. The van der Waals surface area contributed by atoms with Crippen LogP contribution in [0.5, 0.6) is 0 Å². The van der Waals surface area contributed by atoms with E-state index in [1.54, 1.807) is 18.5 Å². The van der Waals surface area contributed by atoms with Gasteiger partial charge in [-0.25, -0.2) is 24.3 Å². The van der Waals surface area contributed by atoms with Gasteiger partial charge in [0.25, 0.3) is 0 Å². The van der Waals surface area contributed by atoms with Gasteiger partial charge in [0.1, 0.15) is 5.82 Å². The predicted octanol–water partition coefficient (Wildman–Crippen LogP) is 3.51. The lowest BCUT2D eigenvalue weighted by Crippen LogP contribution is -2.20. The number of aliphatic imine (C=N–C) groups is 1. The van der Waals surface area contributed by atoms with Gasteiger partial charge < -0.3 is 9.97 Å². The number of imidazole rings is 2. The number of hydrogen-bond donors (Lipinski definition) is 4. The zero-order valence-electron chi connectivity index (χ0n) is 14.0. The van der Waals surface area contributed by atoms with E-state index in [2.05, 4.69) is 35.4 Å². The van der Waals surface area contributed by atoms with Crippen molar-refractivity contribution < 1.29 is 9.60 Å². The summed E-state index contributed by atoms with van der Waals surface area (Å²) >= 11 is 5.79. The topological polar surface area (TPSA) is 115 Å². The molecule has 0 saturated carbocycles. The SMILES string of the molecule is Cc1cnc(-c2nc3nccc(C(=Nc4ccc(F)c(Cl)c4)NO)c3[nH]2)[nH]1. The van der Waals surface area contributed by atoms with Crippen LogP contribution in [0, 0.1) is 12.7 Å². The largest absolute Gasteiger partial charge is 0.340 e. The number of aromatic amines is 2. The van der Waals surface area contributed by atoms with E-state index in [9.17, 15) is 9.60 Å². The van der Waals surface area contributed by atoms with Crippen molar-refractivity contribution in [3.05, 3.63) is 58.8 Å². The lowest BCUT2D eigenvalue weighted by molar-refractivity contribution is 0.235. The van der Waals surface area contributed by atoms with Gasteiger partial charge in [-0.15, -0.1) is 0 Å². The molecule has 0 aliphatic heterocycles. The highest BCUT2D eigenvalue weighted by atomic mass is 35.5. The van der Waals surface area contributed by atoms with Gasteiger partial charge in [0.2, 0.25) is 0 Å². The van der Waals surface area contributed by atoms with Crippen LogP contribution >= 0.6 is 11.6 Å². The number of aromatic nitrogens is 5. The number of nitrogens with one attached hydrogen (secondary N) is 3. The molecule has 1 aromatic carbocycles. The molecule has 0 atom stereocenters. The average Bonchev–Trinajstić information content (AvgIpc) is 3.28. The molecule has 8 nitrogen and oxygen atoms in total. The van der Waals surface area contributed by atoms with Gasteiger partial charge in [0.05, 0.1) is 16.2 Å². The second-order valence-electron chi connectivity index (χ2n) is 5.73. The minimum Gasteiger partial charge on any atom is -0.340 e. The van der Waals surface area contributed by atoms with Crippen molar-refractivity contribution in [2.45, 2.75) is 6.92 Å². The van der Waals surface area contributed by atoms with E-state index < -0.39 is 5.82 Å². The maximum absolute atomic E-state index is 13.3. The molecule has 0 fully saturated rings. The summed E-state index contributed by atoms with van der Waals surface area (Å²) in [5.41, 5.74) is 4.82. The predicted molar refractivity (Wildman–Crippen MR) is 98.7 cm³/mol. The maximum atomic E-state index is 13.3. The molecular weight excluding hydrogens is 373 g/mol. The van der Waals surface area contributed by atoms with Crippen LogP contribution in [0.1, 0.15) is 11.3 Å². The lowest BCUT2D eigenvalue weighted by Gasteiger charge is -2.06. The molecule has 0 bridgehead atoms. The quantitative estimate of drug-likeness (QED) is 0.245. The Morgan fingerprint density at radius 1 is 1.22 bits per heavy atom. The third-order valence-electron chi connectivity index (χ3n) is 3.82. The van der Waals surface area contributed by atoms with Gasteiger partial charge in [-0.1, -0.05) is 11.6 Å². The van der Waals surface area contributed by atoms with E-state index in [1.807, 2.05) is 6.92 Å². The Morgan fingerprint density at radius 3 is 2.78 bits per heavy atom. The molecule has 0 radical (unpaired) electrons. The summed E-state index contributed by atoms with van der Waals surface area (Å²) in [6.45, 7) is 1.89. The van der Waals surface area contributed by atoms with Crippen LogP contribution < -0.4 is 5.48 Å². The molecule has 0 spiro atoms. The fraction of sp³-hybridized carbons (Fsp3) is 0.0588. The number of pyridine rings is 1. The van der Waals surface area contributed by atoms with Crippen LogP contribution in [0.15, 0.2) is 41.7 Å². The van der Waals surface area contributed by atoms with E-state index in [0.29, 0.717) is 34.1 Å². The van der Waals surface area contributed by atoms with Crippen molar-refractivity contribution in [2.24, 2.45) is 4.99 Å². The summed E-state index contributed by atoms with van der Waals surface area (Å²) < 4.78 is 13.3. The number of benzene rings is 1. The monoisotopic (exact) mass is 385 g/mol. The van der Waals surface area contributed by atoms with E-state index in [1.165, 1.54) is 18.2 Å². The molecule has 0 aliphatic carbocycles. The summed E-state index contributed by atoms with van der Waals surface area (Å²) in [6, 6.07) is 5.66. The molecule has 0 unspecified atom stereocenters. The molecule has 3 aromatic heterocycles. The van der Waals surface area contributed by atoms with Crippen molar-refractivity contribution in [3.63, 3.8) is 0 Å². The van der Waals surface area contributed by atoms with Crippen molar-refractivity contribution in [2.75, 3.05) is 0 Å². The van der Waals surface area contributed by atoms with Crippen molar-refractivity contribution in [1.29, 1.82) is 0 Å². The van der Waals surface area contributed by atoms with E-state index in [4.69, 9.17) is 11.6 Å². The Kier molecular flexibility index (Phi) is 4.30. The fourth-order valence-electron chi connectivity index (χ4n) is 2.58. The minimum atomic E-state index is -0.549. The van der Waals surface area contributed by atoms with Gasteiger partial charge in [-0.3, -0.25) is 10.7 Å². The average molecular weight is 386 g/mol. The number of fused-ring (bicyclic) bond motifs is 1. The van der Waals surface area contributed by atoms with Crippen LogP contribution in [0.2, 0.25) is 5.02 Å². The zero-order chi connectivity index (χ0) is 19.0. The molecule has 4 aromatic rings. The lowest BCUT2D eigenvalue weighted by atomic mass is 10.2. The second kappa shape index (κ2) is 6.78. The third-order valence-corrected chi connectivity index (χ3v) is 4.11. The first-order valence-corrected chi connectivity index (χ1v) is 8.24. The Labute approximate surface area is 157 Å². The highest BCUT2D eigenvalue weighted by Gasteiger charge is 2.15. The molecule has 0 amide bonds. The highest BCUT2D eigenvalue weighted by Crippen LogP contribution is 2.24. The minimum absolute atomic E-state index is 0.0644. The zero-order valence-corrected chi connectivity index (χ0v) is 14.7. The first-order chi connectivity index (χ1) is 13.0. The molecule has 3 heterocycles. The van der Waals surface area contributed by atoms with Crippen molar-refractivity contribution in [3.8, 4) is 11.6 Å². The standard InChI is InChI=1S/C17H13ClFN7O/c1-8-7-21-16(22-8)17-24-13-10(4-5-20-15(13)25-17)14(26-27)23-9-2-3-12(19)11(18)6-9/h2-7,27H,1H3,(H,21,22)(H,23,26)(H,20,24,25). The molecule has 27 heavy (non-hydrogen) atoms. The number of aryl methyl sites for hydroxylation is 1. The normalized spacial score (nSPS) is 11.9. The number of nitrogens with zero attached hydrogens (tertiary/aromatic N) is 4. The molecule has 0 aliphatic rings. The number of hydrogen-bond acceptors (Lipinski definition) is 5. The van der Waals surface area contributed by atoms with Gasteiger partial charge in [0.15, 0.2) is 23.1 Å². The molecule has 10 heteroatoms. The Balaban J connectivity index is 1.82. The number of halogens is 2. The third kappa shape index (κ3) is 3.25. The van der Waals surface area contributed by atoms with Crippen LogP contribution in [-0.4, -0.2) is 36.0 Å². The Bertz CT molecular complexity index is 1170. The molecule has 4 N–H and O–H groups in total. The number of H-pyrrole nitrogens is 2. The van der Waals surface area contributed by atoms with Gasteiger partial charge in [-0.2, -0.15) is 0 Å². The van der Waals surface area contributed by atoms with Crippen molar-refractivity contribution in [1.82, 2.24) is 30.4 Å². The van der Waals surface area contributed by atoms with Crippen LogP contribution in [0.4, 0.5) is 10.1 Å². The van der Waals surface area contributed by atoms with E-state index in [-0.39, 0.29) is 10.9 Å². The number of hydroxylamine groups is 1. The van der Waals surface area contributed by atoms with Crippen LogP contribution in [0.3, 0.4) is 0 Å². The second-order valence-corrected chi connectivity index (χ2v) is 6.14. The summed E-state index contributed by atoms with van der Waals surface area (Å²) in [4.78, 5) is 23.4. The molecule has 4 rings (SSSR count). The number of amidine groups is 1. The first-order valence-electron chi connectivity index (χ1n) is 7.86. The van der Waals surface area contributed by atoms with E-state index >= 15 is 0 Å². The van der Waals surface area contributed by atoms with Gasteiger partial charge >= 0.3 is 0 Å². The van der Waals surface area contributed by atoms with E-state index in [0.717, 1.165) is 5.69 Å². The van der Waals surface area contributed by atoms with Gasteiger partial charge in [0, 0.05) is 23.7 Å². The fourth-order valence-corrected chi connectivity index (χ4v) is 2.76. The Morgan fingerprint density at radius 2 is 2.07 bits per heavy atom. The molecule has 0 saturated heterocycles. The number of rotatable bonds is 3. The smallest absolute Gasteiger partial charge is 0.178 e. The highest BCUT2D eigenvalue weighted by molar-refractivity contribution is 6.31. The Hall–Kier alpha value is -3.30. The molecular formula is C17H13ClFN7O. The maximum Gasteiger partial charge on any atom is 0.178 e. The summed E-state index contributed by atoms with van der Waals surface area (Å²) in [7, 11) is 0. The summed E-state index contributed by atoms with van der Waals surface area (Å²) in [5.74, 6) is 0.639. The molecule has 136 valence electrons. The van der Waals surface area contributed by atoms with Crippen LogP contribution in [-0.2, 0) is 0 Å². The van der Waals surface area contributed by atoms with Crippen molar-refractivity contribution >= 4 is 34.3 Å². The summed E-state index contributed by atoms with van der Waals surface area (Å²) in [6.07, 6.45) is 3.23. The first kappa shape index (κ1) is 17.1.